The number of pyridine rings is 1. The van der Waals surface area contributed by atoms with E-state index in [0.717, 1.165) is 0 Å². The number of nitriles is 1. The van der Waals surface area contributed by atoms with Gasteiger partial charge >= 0.3 is 0 Å². The monoisotopic (exact) mass is 191 g/mol. The topological polar surface area (TPSA) is 85.8 Å². The fourth-order valence-corrected chi connectivity index (χ4v) is 1.06. The van der Waals surface area contributed by atoms with Crippen LogP contribution in [0.3, 0.4) is 0 Å². The van der Waals surface area contributed by atoms with E-state index in [1.54, 1.807) is 12.1 Å². The van der Waals surface area contributed by atoms with Crippen molar-refractivity contribution in [2.75, 3.05) is 0 Å². The summed E-state index contributed by atoms with van der Waals surface area (Å²) in [6.45, 7) is 0. The molecule has 0 fully saturated rings. The number of aromatic amines is 1. The molecule has 0 aliphatic heterocycles. The summed E-state index contributed by atoms with van der Waals surface area (Å²) >= 11 is 0. The molecular weight excluding hydrogens is 182 g/mol. The van der Waals surface area contributed by atoms with Crippen LogP contribution < -0.4 is 10.9 Å². The van der Waals surface area contributed by atoms with Crippen LogP contribution >= 0.6 is 0 Å². The molecule has 14 heavy (non-hydrogen) atoms. The zero-order valence-electron chi connectivity index (χ0n) is 7.36. The lowest BCUT2D eigenvalue weighted by Gasteiger charge is -2.05. The van der Waals surface area contributed by atoms with Gasteiger partial charge in [0, 0.05) is 18.2 Å². The maximum Gasteiger partial charge on any atom is 0.251 e. The minimum Gasteiger partial charge on any atom is -0.343 e. The number of H-pyrrole nitrogens is 1. The highest BCUT2D eigenvalue weighted by atomic mass is 16.1. The first-order chi connectivity index (χ1) is 6.77. The van der Waals surface area contributed by atoms with Gasteiger partial charge in [0.2, 0.25) is 6.41 Å². The SMILES string of the molecule is N#CC(Cc1ccc[nH]c1=O)NC=O. The van der Waals surface area contributed by atoms with Crippen LogP contribution in [0.1, 0.15) is 5.56 Å². The van der Waals surface area contributed by atoms with Crippen molar-refractivity contribution in [1.29, 1.82) is 5.26 Å². The van der Waals surface area contributed by atoms with Crippen molar-refractivity contribution < 1.29 is 4.79 Å². The molecule has 0 aliphatic carbocycles. The van der Waals surface area contributed by atoms with Crippen molar-refractivity contribution in [3.05, 3.63) is 34.2 Å². The first kappa shape index (κ1) is 9.99. The second kappa shape index (κ2) is 4.82. The average molecular weight is 191 g/mol. The van der Waals surface area contributed by atoms with Gasteiger partial charge in [0.1, 0.15) is 6.04 Å². The Labute approximate surface area is 80.4 Å². The minimum atomic E-state index is -0.656. The van der Waals surface area contributed by atoms with E-state index in [1.165, 1.54) is 6.20 Å². The molecule has 1 heterocycles. The molecule has 2 N–H and O–H groups in total. The van der Waals surface area contributed by atoms with E-state index in [1.807, 2.05) is 6.07 Å². The number of hydrogen-bond donors (Lipinski definition) is 2. The molecule has 1 unspecified atom stereocenters. The van der Waals surface area contributed by atoms with Gasteiger partial charge in [0.15, 0.2) is 0 Å². The summed E-state index contributed by atoms with van der Waals surface area (Å²) in [5.41, 5.74) is 0.244. The Balaban J connectivity index is 2.78. The quantitative estimate of drug-likeness (QED) is 0.632. The molecule has 1 aromatic heterocycles. The zero-order valence-corrected chi connectivity index (χ0v) is 7.36. The Morgan fingerprint density at radius 1 is 1.71 bits per heavy atom. The summed E-state index contributed by atoms with van der Waals surface area (Å²) in [7, 11) is 0. The third-order valence-electron chi connectivity index (χ3n) is 1.75. The summed E-state index contributed by atoms with van der Waals surface area (Å²) in [5.74, 6) is 0. The van der Waals surface area contributed by atoms with Crippen LogP contribution in [0, 0.1) is 11.3 Å². The number of hydrogen-bond acceptors (Lipinski definition) is 3. The van der Waals surface area contributed by atoms with E-state index < -0.39 is 6.04 Å². The summed E-state index contributed by atoms with van der Waals surface area (Å²) in [4.78, 5) is 23.8. The van der Waals surface area contributed by atoms with Gasteiger partial charge in [0.05, 0.1) is 6.07 Å². The first-order valence-electron chi connectivity index (χ1n) is 4.04. The van der Waals surface area contributed by atoms with Crippen LogP contribution in [-0.2, 0) is 11.2 Å². The molecule has 1 rings (SSSR count). The summed E-state index contributed by atoms with van der Waals surface area (Å²) in [6, 6.07) is 4.52. The number of rotatable bonds is 4. The Bertz CT molecular complexity index is 405. The second-order valence-corrected chi connectivity index (χ2v) is 2.69. The maximum atomic E-state index is 11.2. The zero-order chi connectivity index (χ0) is 10.4. The Morgan fingerprint density at radius 3 is 3.07 bits per heavy atom. The van der Waals surface area contributed by atoms with E-state index in [-0.39, 0.29) is 12.0 Å². The van der Waals surface area contributed by atoms with E-state index in [0.29, 0.717) is 12.0 Å². The minimum absolute atomic E-state index is 0.214. The van der Waals surface area contributed by atoms with Crippen LogP contribution in [-0.4, -0.2) is 17.4 Å². The molecule has 1 amide bonds. The van der Waals surface area contributed by atoms with Crippen molar-refractivity contribution in [2.45, 2.75) is 12.5 Å². The van der Waals surface area contributed by atoms with Crippen LogP contribution in [0.5, 0.6) is 0 Å². The summed E-state index contributed by atoms with van der Waals surface area (Å²) < 4.78 is 0. The second-order valence-electron chi connectivity index (χ2n) is 2.69. The van der Waals surface area contributed by atoms with Crippen LogP contribution in [0.25, 0.3) is 0 Å². The molecule has 0 saturated heterocycles. The van der Waals surface area contributed by atoms with E-state index in [2.05, 4.69) is 10.3 Å². The third kappa shape index (κ3) is 2.45. The summed E-state index contributed by atoms with van der Waals surface area (Å²) in [6.07, 6.45) is 2.18. The molecule has 0 aromatic carbocycles. The van der Waals surface area contributed by atoms with Crippen molar-refractivity contribution >= 4 is 6.41 Å². The van der Waals surface area contributed by atoms with E-state index in [4.69, 9.17) is 5.26 Å². The van der Waals surface area contributed by atoms with Gasteiger partial charge in [0.25, 0.3) is 5.56 Å². The fraction of sp³-hybridized carbons (Fsp3) is 0.222. The van der Waals surface area contributed by atoms with Crippen molar-refractivity contribution in [3.8, 4) is 6.07 Å². The molecular formula is C9H9N3O2. The number of aromatic nitrogens is 1. The number of amides is 1. The predicted octanol–water partition coefficient (Wildman–Crippen LogP) is -0.444. The van der Waals surface area contributed by atoms with E-state index >= 15 is 0 Å². The molecule has 0 radical (unpaired) electrons. The Hall–Kier alpha value is -2.09. The van der Waals surface area contributed by atoms with Crippen LogP contribution in [0.4, 0.5) is 0 Å². The Kier molecular flexibility index (Phi) is 3.44. The third-order valence-corrected chi connectivity index (χ3v) is 1.75. The lowest BCUT2D eigenvalue weighted by molar-refractivity contribution is -0.109. The molecule has 0 bridgehead atoms. The standard InChI is InChI=1S/C9H9N3O2/c10-5-8(12-6-13)4-7-2-1-3-11-9(7)14/h1-3,6,8H,4H2,(H,11,14)(H,12,13). The predicted molar refractivity (Wildman–Crippen MR) is 49.4 cm³/mol. The molecule has 1 atom stereocenters. The maximum absolute atomic E-state index is 11.2. The van der Waals surface area contributed by atoms with Crippen LogP contribution in [0.2, 0.25) is 0 Å². The first-order valence-corrected chi connectivity index (χ1v) is 4.04. The molecule has 5 nitrogen and oxygen atoms in total. The number of nitrogens with one attached hydrogen (secondary N) is 2. The van der Waals surface area contributed by atoms with Crippen molar-refractivity contribution in [3.63, 3.8) is 0 Å². The van der Waals surface area contributed by atoms with Gasteiger partial charge in [-0.25, -0.2) is 0 Å². The number of carbonyl (C=O) groups excluding carboxylic acids is 1. The van der Waals surface area contributed by atoms with E-state index in [9.17, 15) is 9.59 Å². The smallest absolute Gasteiger partial charge is 0.251 e. The van der Waals surface area contributed by atoms with Crippen molar-refractivity contribution in [2.24, 2.45) is 0 Å². The van der Waals surface area contributed by atoms with Gasteiger partial charge in [-0.05, 0) is 6.07 Å². The lowest BCUT2D eigenvalue weighted by atomic mass is 10.1. The molecule has 72 valence electrons. The van der Waals surface area contributed by atoms with Gasteiger partial charge < -0.3 is 10.3 Å². The normalized spacial score (nSPS) is 11.4. The highest BCUT2D eigenvalue weighted by Gasteiger charge is 2.08. The Morgan fingerprint density at radius 2 is 2.50 bits per heavy atom. The number of carbonyl (C=O) groups is 1. The van der Waals surface area contributed by atoms with Gasteiger partial charge in [-0.15, -0.1) is 0 Å². The highest BCUT2D eigenvalue weighted by molar-refractivity contribution is 5.47. The van der Waals surface area contributed by atoms with Crippen molar-refractivity contribution in [1.82, 2.24) is 10.3 Å². The van der Waals surface area contributed by atoms with Gasteiger partial charge in [-0.2, -0.15) is 5.26 Å². The lowest BCUT2D eigenvalue weighted by Crippen LogP contribution is -2.30. The largest absolute Gasteiger partial charge is 0.343 e. The fourth-order valence-electron chi connectivity index (χ4n) is 1.06. The summed E-state index contributed by atoms with van der Waals surface area (Å²) in [5, 5.41) is 10.9. The van der Waals surface area contributed by atoms with Gasteiger partial charge in [-0.3, -0.25) is 9.59 Å². The molecule has 0 saturated carbocycles. The average Bonchev–Trinajstić information content (AvgIpc) is 2.20. The van der Waals surface area contributed by atoms with Crippen LogP contribution in [0.15, 0.2) is 23.1 Å². The van der Waals surface area contributed by atoms with Gasteiger partial charge in [-0.1, -0.05) is 6.07 Å². The number of nitrogens with zero attached hydrogens (tertiary/aromatic N) is 1. The highest BCUT2D eigenvalue weighted by Crippen LogP contribution is 1.95. The molecule has 5 heteroatoms. The molecule has 0 aliphatic rings. The molecule has 1 aromatic rings. The molecule has 0 spiro atoms.